The highest BCUT2D eigenvalue weighted by atomic mass is 35.5. The zero-order valence-corrected chi connectivity index (χ0v) is 14.1. The van der Waals surface area contributed by atoms with Gasteiger partial charge in [-0.15, -0.1) is 0 Å². The Bertz CT molecular complexity index is 768. The van der Waals surface area contributed by atoms with Gasteiger partial charge in [0, 0.05) is 0 Å². The van der Waals surface area contributed by atoms with Crippen molar-refractivity contribution in [1.82, 2.24) is 0 Å². The summed E-state index contributed by atoms with van der Waals surface area (Å²) in [6.07, 6.45) is -1.36. The number of amides is 1. The summed E-state index contributed by atoms with van der Waals surface area (Å²) in [6, 6.07) is 12.3. The molecule has 0 bridgehead atoms. The van der Waals surface area contributed by atoms with Gasteiger partial charge in [-0.1, -0.05) is 54.8 Å². The minimum absolute atomic E-state index is 0.0105. The number of hydrogen-bond acceptors (Lipinski definition) is 1. The molecule has 6 heteroatoms. The third-order valence-electron chi connectivity index (χ3n) is 4.76. The molecule has 2 aromatic carbocycles. The Morgan fingerprint density at radius 3 is 2.28 bits per heavy atom. The highest BCUT2D eigenvalue weighted by molar-refractivity contribution is 6.33. The van der Waals surface area contributed by atoms with Crippen molar-refractivity contribution in [2.75, 3.05) is 5.32 Å². The first kappa shape index (κ1) is 17.8. The summed E-state index contributed by atoms with van der Waals surface area (Å²) in [6.45, 7) is 0. The van der Waals surface area contributed by atoms with E-state index in [1.807, 2.05) is 30.3 Å². The Balaban J connectivity index is 1.93. The van der Waals surface area contributed by atoms with Crippen LogP contribution in [0.2, 0.25) is 5.02 Å². The fraction of sp³-hybridized carbons (Fsp3) is 0.316. The van der Waals surface area contributed by atoms with E-state index < -0.39 is 17.2 Å². The van der Waals surface area contributed by atoms with E-state index in [4.69, 9.17) is 11.6 Å². The predicted octanol–water partition coefficient (Wildman–Crippen LogP) is 5.81. The summed E-state index contributed by atoms with van der Waals surface area (Å²) in [5, 5.41) is 2.72. The van der Waals surface area contributed by atoms with Gasteiger partial charge in [0.2, 0.25) is 5.91 Å². The number of rotatable bonds is 3. The van der Waals surface area contributed by atoms with Crippen LogP contribution in [0.5, 0.6) is 0 Å². The highest BCUT2D eigenvalue weighted by Gasteiger charge is 2.43. The quantitative estimate of drug-likeness (QED) is 0.728. The number of hydrogen-bond donors (Lipinski definition) is 1. The lowest BCUT2D eigenvalue weighted by Crippen LogP contribution is -2.38. The fourth-order valence-electron chi connectivity index (χ4n) is 3.42. The average Bonchev–Trinajstić information content (AvgIpc) is 3.07. The van der Waals surface area contributed by atoms with Gasteiger partial charge >= 0.3 is 6.18 Å². The van der Waals surface area contributed by atoms with Crippen LogP contribution in [-0.4, -0.2) is 5.91 Å². The number of nitrogens with one attached hydrogen (secondary N) is 1. The van der Waals surface area contributed by atoms with E-state index in [0.29, 0.717) is 12.8 Å². The van der Waals surface area contributed by atoms with Crippen LogP contribution in [0.1, 0.15) is 36.8 Å². The maximum atomic E-state index is 13.0. The SMILES string of the molecule is O=C(Nc1cc(C(F)(F)F)ccc1Cl)C1(c2ccccc2)CCCC1. The van der Waals surface area contributed by atoms with Gasteiger partial charge in [0.15, 0.2) is 0 Å². The van der Waals surface area contributed by atoms with E-state index >= 15 is 0 Å². The molecule has 1 N–H and O–H groups in total. The number of benzene rings is 2. The van der Waals surface area contributed by atoms with Crippen LogP contribution in [0.15, 0.2) is 48.5 Å². The maximum absolute atomic E-state index is 13.0. The Morgan fingerprint density at radius 2 is 1.68 bits per heavy atom. The van der Waals surface area contributed by atoms with E-state index in [1.165, 1.54) is 0 Å². The van der Waals surface area contributed by atoms with Crippen molar-refractivity contribution in [1.29, 1.82) is 0 Å². The van der Waals surface area contributed by atoms with E-state index in [2.05, 4.69) is 5.32 Å². The molecule has 0 radical (unpaired) electrons. The summed E-state index contributed by atoms with van der Waals surface area (Å²) < 4.78 is 38.8. The summed E-state index contributed by atoms with van der Waals surface area (Å²) in [5.74, 6) is -0.308. The minimum Gasteiger partial charge on any atom is -0.324 e. The molecule has 0 aliphatic heterocycles. The Hall–Kier alpha value is -2.01. The van der Waals surface area contributed by atoms with Crippen molar-refractivity contribution in [2.24, 2.45) is 0 Å². The van der Waals surface area contributed by atoms with Crippen LogP contribution >= 0.6 is 11.6 Å². The molecule has 0 heterocycles. The van der Waals surface area contributed by atoms with Gasteiger partial charge < -0.3 is 5.32 Å². The third kappa shape index (κ3) is 3.52. The van der Waals surface area contributed by atoms with Gasteiger partial charge in [0.25, 0.3) is 0 Å². The molecule has 3 rings (SSSR count). The lowest BCUT2D eigenvalue weighted by molar-refractivity contribution is -0.137. The summed E-state index contributed by atoms with van der Waals surface area (Å²) in [5.41, 5.74) is -0.692. The van der Waals surface area contributed by atoms with E-state index in [0.717, 1.165) is 36.6 Å². The largest absolute Gasteiger partial charge is 0.416 e. The standard InChI is InChI=1S/C19H17ClF3NO/c20-15-9-8-14(19(21,22)23)12-16(15)24-17(25)18(10-4-5-11-18)13-6-2-1-3-7-13/h1-3,6-9,12H,4-5,10-11H2,(H,24,25). The molecule has 0 unspecified atom stereocenters. The second kappa shape index (κ2) is 6.71. The van der Waals surface area contributed by atoms with Crippen molar-refractivity contribution in [3.05, 3.63) is 64.7 Å². The Morgan fingerprint density at radius 1 is 1.04 bits per heavy atom. The van der Waals surface area contributed by atoms with E-state index in [9.17, 15) is 18.0 Å². The number of carbonyl (C=O) groups is 1. The smallest absolute Gasteiger partial charge is 0.324 e. The van der Waals surface area contributed by atoms with Gasteiger partial charge in [-0.25, -0.2) is 0 Å². The first-order valence-electron chi connectivity index (χ1n) is 8.07. The molecule has 1 amide bonds. The van der Waals surface area contributed by atoms with Crippen molar-refractivity contribution in [3.63, 3.8) is 0 Å². The van der Waals surface area contributed by atoms with Gasteiger partial charge in [0.1, 0.15) is 0 Å². The van der Waals surface area contributed by atoms with Crippen molar-refractivity contribution >= 4 is 23.2 Å². The molecule has 25 heavy (non-hydrogen) atoms. The van der Waals surface area contributed by atoms with Gasteiger partial charge in [0.05, 0.1) is 21.7 Å². The van der Waals surface area contributed by atoms with Crippen molar-refractivity contribution < 1.29 is 18.0 Å². The van der Waals surface area contributed by atoms with E-state index in [1.54, 1.807) is 0 Å². The number of carbonyl (C=O) groups excluding carboxylic acids is 1. The molecule has 1 saturated carbocycles. The van der Waals surface area contributed by atoms with Crippen LogP contribution in [0.25, 0.3) is 0 Å². The van der Waals surface area contributed by atoms with E-state index in [-0.39, 0.29) is 16.6 Å². The summed E-state index contributed by atoms with van der Waals surface area (Å²) in [4.78, 5) is 13.0. The second-order valence-electron chi connectivity index (χ2n) is 6.30. The molecule has 1 aliphatic rings. The molecule has 0 aromatic heterocycles. The third-order valence-corrected chi connectivity index (χ3v) is 5.09. The molecule has 2 aromatic rings. The Kier molecular flexibility index (Phi) is 4.78. The van der Waals surface area contributed by atoms with Gasteiger partial charge in [-0.3, -0.25) is 4.79 Å². The lowest BCUT2D eigenvalue weighted by Gasteiger charge is -2.28. The van der Waals surface area contributed by atoms with Crippen LogP contribution in [-0.2, 0) is 16.4 Å². The monoisotopic (exact) mass is 367 g/mol. The molecular weight excluding hydrogens is 351 g/mol. The summed E-state index contributed by atoms with van der Waals surface area (Å²) >= 11 is 6.01. The first-order valence-corrected chi connectivity index (χ1v) is 8.44. The topological polar surface area (TPSA) is 29.1 Å². The van der Waals surface area contributed by atoms with Crippen LogP contribution < -0.4 is 5.32 Å². The number of anilines is 1. The van der Waals surface area contributed by atoms with Crippen molar-refractivity contribution in [2.45, 2.75) is 37.3 Å². The average molecular weight is 368 g/mol. The molecule has 132 valence electrons. The molecule has 0 atom stereocenters. The molecule has 2 nitrogen and oxygen atoms in total. The minimum atomic E-state index is -4.49. The number of alkyl halides is 3. The molecule has 0 saturated heterocycles. The van der Waals surface area contributed by atoms with Gasteiger partial charge in [-0.2, -0.15) is 13.2 Å². The van der Waals surface area contributed by atoms with Crippen LogP contribution in [0, 0.1) is 0 Å². The summed E-state index contributed by atoms with van der Waals surface area (Å²) in [7, 11) is 0. The van der Waals surface area contributed by atoms with Crippen LogP contribution in [0.4, 0.5) is 18.9 Å². The first-order chi connectivity index (χ1) is 11.8. The lowest BCUT2D eigenvalue weighted by atomic mass is 9.78. The Labute approximate surface area is 149 Å². The maximum Gasteiger partial charge on any atom is 0.416 e. The fourth-order valence-corrected chi connectivity index (χ4v) is 3.59. The zero-order chi connectivity index (χ0) is 18.1. The van der Waals surface area contributed by atoms with Crippen molar-refractivity contribution in [3.8, 4) is 0 Å². The predicted molar refractivity (Wildman–Crippen MR) is 91.7 cm³/mol. The zero-order valence-electron chi connectivity index (χ0n) is 13.4. The molecule has 1 fully saturated rings. The van der Waals surface area contributed by atoms with Gasteiger partial charge in [-0.05, 0) is 36.6 Å². The normalized spacial score (nSPS) is 16.6. The van der Waals surface area contributed by atoms with Crippen LogP contribution in [0.3, 0.4) is 0 Å². The molecular formula is C19H17ClF3NO. The second-order valence-corrected chi connectivity index (χ2v) is 6.71. The molecule has 1 aliphatic carbocycles. The number of halogens is 4. The molecule has 0 spiro atoms. The highest BCUT2D eigenvalue weighted by Crippen LogP contribution is 2.43.